The number of nitrogens with one attached hydrogen (secondary N) is 2. The molecule has 0 aliphatic rings. The third-order valence-corrected chi connectivity index (χ3v) is 5.77. The Hall–Kier alpha value is -3.92. The molecule has 0 saturated carbocycles. The molecule has 2 aromatic heterocycles. The monoisotopic (exact) mass is 468 g/mol. The number of carbonyl (C=O) groups is 2. The second-order valence-electron chi connectivity index (χ2n) is 6.97. The second-order valence-corrected chi connectivity index (χ2v) is 8.00. The highest BCUT2D eigenvalue weighted by Crippen LogP contribution is 2.30. The molecule has 0 aliphatic heterocycles. The first-order valence-electron chi connectivity index (χ1n) is 10.1. The minimum absolute atomic E-state index is 0.296. The van der Waals surface area contributed by atoms with Crippen LogP contribution in [0.2, 0.25) is 0 Å². The summed E-state index contributed by atoms with van der Waals surface area (Å²) in [5.41, 5.74) is 6.15. The van der Waals surface area contributed by atoms with Crippen molar-refractivity contribution in [3.8, 4) is 17.2 Å². The molecule has 0 unspecified atom stereocenters. The van der Waals surface area contributed by atoms with Gasteiger partial charge < -0.3 is 9.47 Å². The molecule has 2 aromatic carbocycles. The molecule has 2 amide bonds. The average molecular weight is 469 g/mol. The summed E-state index contributed by atoms with van der Waals surface area (Å²) in [7, 11) is 0. The van der Waals surface area contributed by atoms with Gasteiger partial charge in [0.2, 0.25) is 0 Å². The Morgan fingerprint density at radius 3 is 2.45 bits per heavy atom. The van der Waals surface area contributed by atoms with Crippen molar-refractivity contribution in [2.45, 2.75) is 13.8 Å². The van der Waals surface area contributed by atoms with Crippen molar-refractivity contribution in [2.75, 3.05) is 13.2 Å². The number of aryl methyl sites for hydroxylation is 1. The fourth-order valence-corrected chi connectivity index (χ4v) is 4.21. The van der Waals surface area contributed by atoms with Gasteiger partial charge in [0, 0.05) is 5.39 Å². The molecule has 0 aliphatic carbocycles. The first kappa shape index (κ1) is 22.3. The van der Waals surface area contributed by atoms with E-state index in [4.69, 9.17) is 9.47 Å². The summed E-state index contributed by atoms with van der Waals surface area (Å²) in [6.07, 6.45) is 0. The van der Waals surface area contributed by atoms with Crippen LogP contribution in [0.1, 0.15) is 22.3 Å². The van der Waals surface area contributed by atoms with Crippen LogP contribution in [0.5, 0.6) is 11.5 Å². The summed E-state index contributed by atoms with van der Waals surface area (Å²) < 4.78 is 25.9. The predicted octanol–water partition coefficient (Wildman–Crippen LogP) is 3.77. The zero-order chi connectivity index (χ0) is 23.4. The summed E-state index contributed by atoms with van der Waals surface area (Å²) in [6, 6.07) is 14.7. The summed E-state index contributed by atoms with van der Waals surface area (Å²) in [6.45, 7) is 3.85. The minimum Gasteiger partial charge on any atom is -0.490 e. The van der Waals surface area contributed by atoms with Crippen LogP contribution in [0.4, 0.5) is 4.39 Å². The number of ether oxygens (including phenoxy) is 2. The van der Waals surface area contributed by atoms with Gasteiger partial charge in [-0.1, -0.05) is 12.1 Å². The van der Waals surface area contributed by atoms with E-state index in [9.17, 15) is 14.0 Å². The smallest absolute Gasteiger partial charge is 0.279 e. The van der Waals surface area contributed by atoms with Crippen LogP contribution in [0, 0.1) is 12.7 Å². The zero-order valence-electron chi connectivity index (χ0n) is 17.9. The highest BCUT2D eigenvalue weighted by Gasteiger charge is 2.18. The fourth-order valence-electron chi connectivity index (χ4n) is 3.13. The van der Waals surface area contributed by atoms with Gasteiger partial charge in [0.05, 0.1) is 22.9 Å². The molecule has 10 heteroatoms. The topological polar surface area (TPSA) is 94.5 Å². The van der Waals surface area contributed by atoms with Gasteiger partial charge in [-0.2, -0.15) is 5.10 Å². The van der Waals surface area contributed by atoms with Crippen LogP contribution in [0.25, 0.3) is 15.9 Å². The lowest BCUT2D eigenvalue weighted by Gasteiger charge is -2.11. The van der Waals surface area contributed by atoms with Crippen LogP contribution in [-0.2, 0) is 4.79 Å². The highest BCUT2D eigenvalue weighted by atomic mass is 32.1. The van der Waals surface area contributed by atoms with Gasteiger partial charge in [0.15, 0.2) is 18.1 Å². The molecular formula is C23H21FN4O4S. The summed E-state index contributed by atoms with van der Waals surface area (Å²) in [5, 5.41) is 5.28. The van der Waals surface area contributed by atoms with E-state index >= 15 is 0 Å². The quantitative estimate of drug-likeness (QED) is 0.403. The molecule has 0 radical (unpaired) electrons. The van der Waals surface area contributed by atoms with Gasteiger partial charge in [-0.15, -0.1) is 11.3 Å². The van der Waals surface area contributed by atoms with Crippen molar-refractivity contribution in [3.05, 3.63) is 71.0 Å². The van der Waals surface area contributed by atoms with Gasteiger partial charge in [-0.25, -0.2) is 9.07 Å². The Kier molecular flexibility index (Phi) is 6.55. The van der Waals surface area contributed by atoms with Crippen molar-refractivity contribution in [2.24, 2.45) is 0 Å². The molecule has 0 bridgehead atoms. The summed E-state index contributed by atoms with van der Waals surface area (Å²) >= 11 is 1.22. The predicted molar refractivity (Wildman–Crippen MR) is 122 cm³/mol. The van der Waals surface area contributed by atoms with E-state index in [1.165, 1.54) is 23.5 Å². The molecule has 0 fully saturated rings. The second kappa shape index (κ2) is 9.70. The number of benzene rings is 2. The maximum Gasteiger partial charge on any atom is 0.279 e. The number of rotatable bonds is 7. The van der Waals surface area contributed by atoms with Gasteiger partial charge in [0.25, 0.3) is 11.8 Å². The molecule has 0 saturated heterocycles. The van der Waals surface area contributed by atoms with Crippen molar-refractivity contribution < 1.29 is 23.5 Å². The van der Waals surface area contributed by atoms with Crippen molar-refractivity contribution >= 4 is 33.4 Å². The zero-order valence-corrected chi connectivity index (χ0v) is 18.7. The number of aromatic nitrogens is 2. The number of para-hydroxylation sites is 2. The lowest BCUT2D eigenvalue weighted by Crippen LogP contribution is -2.43. The summed E-state index contributed by atoms with van der Waals surface area (Å²) in [5.74, 6) is -0.362. The Morgan fingerprint density at radius 2 is 1.76 bits per heavy atom. The Labute approximate surface area is 192 Å². The number of thiophene rings is 1. The SMILES string of the molecule is CCOc1ccccc1OCC(=O)NNC(=O)c1cc2c(C)nn(-c3ccc(F)cc3)c2s1. The molecule has 8 nitrogen and oxygen atoms in total. The van der Waals surface area contributed by atoms with E-state index in [1.807, 2.05) is 13.8 Å². The maximum atomic E-state index is 13.3. The number of nitrogens with zero attached hydrogens (tertiary/aromatic N) is 2. The Bertz CT molecular complexity index is 1300. The molecule has 4 rings (SSSR count). The molecule has 2 heterocycles. The van der Waals surface area contributed by atoms with E-state index in [1.54, 1.807) is 47.1 Å². The van der Waals surface area contributed by atoms with Gasteiger partial charge in [-0.3, -0.25) is 20.4 Å². The number of hydrazine groups is 1. The van der Waals surface area contributed by atoms with Crippen LogP contribution >= 0.6 is 11.3 Å². The van der Waals surface area contributed by atoms with Gasteiger partial charge in [-0.05, 0) is 56.3 Å². The number of fused-ring (bicyclic) bond motifs is 1. The van der Waals surface area contributed by atoms with E-state index < -0.39 is 11.8 Å². The van der Waals surface area contributed by atoms with E-state index in [0.29, 0.717) is 28.7 Å². The number of halogens is 1. The Morgan fingerprint density at radius 1 is 1.06 bits per heavy atom. The summed E-state index contributed by atoms with van der Waals surface area (Å²) in [4.78, 5) is 25.8. The molecule has 2 N–H and O–H groups in total. The van der Waals surface area contributed by atoms with Crippen LogP contribution < -0.4 is 20.3 Å². The van der Waals surface area contributed by atoms with Crippen LogP contribution in [0.3, 0.4) is 0 Å². The molecule has 4 aromatic rings. The third kappa shape index (κ3) is 4.96. The van der Waals surface area contributed by atoms with Gasteiger partial charge in [0.1, 0.15) is 10.6 Å². The number of hydrogen-bond acceptors (Lipinski definition) is 6. The molecule has 170 valence electrons. The number of hydrogen-bond donors (Lipinski definition) is 2. The fraction of sp³-hybridized carbons (Fsp3) is 0.174. The van der Waals surface area contributed by atoms with Crippen molar-refractivity contribution in [3.63, 3.8) is 0 Å². The molecule has 0 spiro atoms. The number of amides is 2. The third-order valence-electron chi connectivity index (χ3n) is 4.66. The van der Waals surface area contributed by atoms with Crippen LogP contribution in [0.15, 0.2) is 54.6 Å². The minimum atomic E-state index is -0.524. The van der Waals surface area contributed by atoms with Crippen molar-refractivity contribution in [1.29, 1.82) is 0 Å². The number of carbonyl (C=O) groups excluding carboxylic acids is 2. The molecule has 33 heavy (non-hydrogen) atoms. The lowest BCUT2D eigenvalue weighted by molar-refractivity contribution is -0.123. The molecule has 0 atom stereocenters. The normalized spacial score (nSPS) is 10.8. The maximum absolute atomic E-state index is 13.3. The average Bonchev–Trinajstić information content (AvgIpc) is 3.38. The standard InChI is InChI=1S/C23H21FN4O4S/c1-3-31-18-6-4-5-7-19(18)32-13-21(29)25-26-22(30)20-12-17-14(2)27-28(23(17)33-20)16-10-8-15(24)9-11-16/h4-12H,3,13H2,1-2H3,(H,25,29)(H,26,30). The largest absolute Gasteiger partial charge is 0.490 e. The van der Waals surface area contributed by atoms with E-state index in [0.717, 1.165) is 15.9 Å². The first-order chi connectivity index (χ1) is 16.0. The van der Waals surface area contributed by atoms with E-state index in [2.05, 4.69) is 16.0 Å². The van der Waals surface area contributed by atoms with E-state index in [-0.39, 0.29) is 12.4 Å². The lowest BCUT2D eigenvalue weighted by atomic mass is 10.3. The Balaban J connectivity index is 1.39. The highest BCUT2D eigenvalue weighted by molar-refractivity contribution is 7.20. The molecular weight excluding hydrogens is 447 g/mol. The van der Waals surface area contributed by atoms with Crippen molar-refractivity contribution in [1.82, 2.24) is 20.6 Å². The van der Waals surface area contributed by atoms with Gasteiger partial charge >= 0.3 is 0 Å². The first-order valence-corrected chi connectivity index (χ1v) is 11.0. The van der Waals surface area contributed by atoms with Crippen LogP contribution in [-0.4, -0.2) is 34.8 Å².